The fraction of sp³-hybridized carbons (Fsp3) is 0.0667. The zero-order valence-electron chi connectivity index (χ0n) is 20.5. The third-order valence-electron chi connectivity index (χ3n) is 6.94. The molecule has 40 heavy (non-hydrogen) atoms. The fourth-order valence-electron chi connectivity index (χ4n) is 5.21. The van der Waals surface area contributed by atoms with Crippen molar-refractivity contribution in [3.63, 3.8) is 0 Å². The van der Waals surface area contributed by atoms with Gasteiger partial charge in [-0.25, -0.2) is 0 Å². The first-order valence-corrected chi connectivity index (χ1v) is 11.7. The Labute approximate surface area is 226 Å². The van der Waals surface area contributed by atoms with Gasteiger partial charge in [0.25, 0.3) is 11.4 Å². The molecule has 0 saturated heterocycles. The van der Waals surface area contributed by atoms with Crippen molar-refractivity contribution in [1.82, 2.24) is 0 Å². The van der Waals surface area contributed by atoms with Gasteiger partial charge in [0.05, 0.1) is 15.4 Å². The number of fused-ring (bicyclic) bond motifs is 2. The minimum Gasteiger partial charge on any atom is -0.258 e. The fourth-order valence-corrected chi connectivity index (χ4v) is 5.21. The molecule has 0 atom stereocenters. The molecule has 0 heterocycles. The van der Waals surface area contributed by atoms with E-state index >= 15 is 0 Å². The van der Waals surface area contributed by atoms with Crippen LogP contribution < -0.4 is 10.4 Å². The topological polar surface area (TPSA) is 143 Å². The molecule has 0 aromatic heterocycles. The van der Waals surface area contributed by atoms with E-state index in [1.54, 1.807) is 36.4 Å². The summed E-state index contributed by atoms with van der Waals surface area (Å²) in [6.07, 6.45) is 4.00. The summed E-state index contributed by atoms with van der Waals surface area (Å²) in [7, 11) is 0. The number of benzene rings is 3. The third kappa shape index (κ3) is 4.05. The number of nitriles is 2. The van der Waals surface area contributed by atoms with E-state index in [-0.39, 0.29) is 35.6 Å². The number of nitro groups is 2. The summed E-state index contributed by atoms with van der Waals surface area (Å²) in [6, 6.07) is 15.9. The summed E-state index contributed by atoms with van der Waals surface area (Å²) in [4.78, 5) is 28.3. The third-order valence-corrected chi connectivity index (χ3v) is 6.94. The van der Waals surface area contributed by atoms with Gasteiger partial charge in [-0.2, -0.15) is 20.2 Å². The van der Waals surface area contributed by atoms with Crippen molar-refractivity contribution in [2.45, 2.75) is 12.8 Å². The Kier molecular flexibility index (Phi) is 6.22. The van der Waals surface area contributed by atoms with Crippen LogP contribution >= 0.6 is 0 Å². The number of rotatable bonds is 4. The lowest BCUT2D eigenvalue weighted by Crippen LogP contribution is -2.22. The van der Waals surface area contributed by atoms with E-state index in [1.807, 2.05) is 12.1 Å². The first-order chi connectivity index (χ1) is 19.3. The van der Waals surface area contributed by atoms with Gasteiger partial charge in [0, 0.05) is 30.7 Å². The van der Waals surface area contributed by atoms with Crippen molar-refractivity contribution in [2.75, 3.05) is 0 Å². The zero-order valence-corrected chi connectivity index (χ0v) is 20.5. The number of nitrogens with zero attached hydrogens (tertiary/aromatic N) is 6. The van der Waals surface area contributed by atoms with Crippen LogP contribution in [0.1, 0.15) is 11.1 Å². The van der Waals surface area contributed by atoms with Gasteiger partial charge in [-0.05, 0) is 86.2 Å². The summed E-state index contributed by atoms with van der Waals surface area (Å²) in [5, 5.41) is 43.1. The van der Waals surface area contributed by atoms with E-state index in [9.17, 15) is 30.8 Å². The monoisotopic (exact) mass is 522 g/mol. The molecule has 0 N–H and O–H groups in total. The maximum absolute atomic E-state index is 11.3. The number of allylic oxidation sites excluding steroid dienone is 3. The molecular weight excluding hydrogens is 508 g/mol. The number of non-ortho nitro benzene ring substituents is 2. The predicted molar refractivity (Wildman–Crippen MR) is 145 cm³/mol. The maximum atomic E-state index is 11.3. The van der Waals surface area contributed by atoms with Gasteiger partial charge in [0.2, 0.25) is 0 Å². The van der Waals surface area contributed by atoms with Crippen molar-refractivity contribution in [1.29, 1.82) is 10.5 Å². The normalized spacial score (nSPS) is 12.4. The molecule has 0 amide bonds. The molecule has 0 radical (unpaired) electrons. The van der Waals surface area contributed by atoms with Crippen LogP contribution in [-0.4, -0.2) is 9.85 Å². The molecule has 0 bridgehead atoms. The summed E-state index contributed by atoms with van der Waals surface area (Å²) >= 11 is 0. The average molecular weight is 522 g/mol. The van der Waals surface area contributed by atoms with Gasteiger partial charge >= 0.3 is 5.82 Å². The van der Waals surface area contributed by atoms with Crippen LogP contribution in [0.3, 0.4) is 0 Å². The second kappa shape index (κ2) is 9.84. The lowest BCUT2D eigenvalue weighted by molar-refractivity contribution is -0.385. The van der Waals surface area contributed by atoms with Gasteiger partial charge in [-0.15, -0.1) is 0 Å². The quantitative estimate of drug-likeness (QED) is 0.206. The summed E-state index contributed by atoms with van der Waals surface area (Å²) < 4.78 is 0. The highest BCUT2D eigenvalue weighted by atomic mass is 16.6. The second-order valence-corrected chi connectivity index (χ2v) is 8.98. The van der Waals surface area contributed by atoms with E-state index in [0.717, 1.165) is 22.3 Å². The Bertz CT molecular complexity index is 1850. The first kappa shape index (κ1) is 25.3. The van der Waals surface area contributed by atoms with Gasteiger partial charge in [0.15, 0.2) is 0 Å². The standard InChI is InChI=1S/C30H14N6O4/c1-33-30(34-2)20-13-26-27(14-20)29(18-5-9-23(10-6-18)36(39)40)25-12-19(21(15-31)16-32)11-24(25)28(26)17-3-7-22(8-4-17)35(37)38/h3-11,14H,12-13H2. The van der Waals surface area contributed by atoms with Crippen molar-refractivity contribution in [2.24, 2.45) is 0 Å². The van der Waals surface area contributed by atoms with Crippen molar-refractivity contribution in [3.05, 3.63) is 136 Å². The zero-order chi connectivity index (χ0) is 28.6. The molecule has 0 unspecified atom stereocenters. The Morgan fingerprint density at radius 1 is 0.725 bits per heavy atom. The summed E-state index contributed by atoms with van der Waals surface area (Å²) in [5.74, 6) is -0.0820. The van der Waals surface area contributed by atoms with Gasteiger partial charge in [-0.1, -0.05) is 6.08 Å². The van der Waals surface area contributed by atoms with Crippen LogP contribution in [0.25, 0.3) is 44.1 Å². The lowest BCUT2D eigenvalue weighted by Gasteiger charge is -2.16. The van der Waals surface area contributed by atoms with Crippen LogP contribution in [0.4, 0.5) is 11.4 Å². The highest BCUT2D eigenvalue weighted by Gasteiger charge is 2.29. The van der Waals surface area contributed by atoms with Crippen LogP contribution in [0, 0.1) is 56.0 Å². The molecular formula is C30H14N6O4. The van der Waals surface area contributed by atoms with Crippen LogP contribution in [-0.2, 0) is 12.8 Å². The largest absolute Gasteiger partial charge is 0.522 e. The van der Waals surface area contributed by atoms with E-state index in [2.05, 4.69) is 9.69 Å². The highest BCUT2D eigenvalue weighted by molar-refractivity contribution is 5.87. The molecule has 188 valence electrons. The molecule has 3 aromatic rings. The van der Waals surface area contributed by atoms with Crippen LogP contribution in [0.5, 0.6) is 0 Å². The maximum Gasteiger partial charge on any atom is 0.522 e. The van der Waals surface area contributed by atoms with E-state index in [1.165, 1.54) is 24.3 Å². The summed E-state index contributed by atoms with van der Waals surface area (Å²) in [5.41, 5.74) is 5.09. The molecule has 0 fully saturated rings. The molecule has 0 spiro atoms. The average Bonchev–Trinajstić information content (AvgIpc) is 3.58. The van der Waals surface area contributed by atoms with Crippen LogP contribution in [0.2, 0.25) is 0 Å². The van der Waals surface area contributed by atoms with Crippen LogP contribution in [0.15, 0.2) is 71.1 Å². The SMILES string of the molecule is [C-]#[N+]C([N+]#[C-])=C1C=c2c(c(-c3ccc([N+](=O)[O-])cc3)c3c(c2-c2ccc([N+](=O)[O-])cc2)CC(=C(C#N)C#N)C=3)C1. The number of hydrogen-bond acceptors (Lipinski definition) is 6. The van der Waals surface area contributed by atoms with Crippen molar-refractivity contribution >= 4 is 23.5 Å². The van der Waals surface area contributed by atoms with E-state index < -0.39 is 9.85 Å². The molecule has 3 aromatic carbocycles. The Hall–Kier alpha value is -6.36. The van der Waals surface area contributed by atoms with Crippen molar-refractivity contribution < 1.29 is 9.85 Å². The minimum absolute atomic E-state index is 0.0477. The van der Waals surface area contributed by atoms with Gasteiger partial charge in [-0.3, -0.25) is 20.2 Å². The first-order valence-electron chi connectivity index (χ1n) is 11.7. The molecule has 2 aliphatic carbocycles. The molecule has 10 heteroatoms. The van der Waals surface area contributed by atoms with E-state index in [0.29, 0.717) is 32.7 Å². The Morgan fingerprint density at radius 2 is 1.12 bits per heavy atom. The minimum atomic E-state index is -0.498. The Morgan fingerprint density at radius 3 is 1.50 bits per heavy atom. The smallest absolute Gasteiger partial charge is 0.258 e. The molecule has 2 aliphatic rings. The highest BCUT2D eigenvalue weighted by Crippen LogP contribution is 2.35. The predicted octanol–water partition coefficient (Wildman–Crippen LogP) is 4.90. The van der Waals surface area contributed by atoms with E-state index in [4.69, 9.17) is 13.1 Å². The number of hydrogen-bond donors (Lipinski definition) is 0. The molecule has 5 rings (SSSR count). The van der Waals surface area contributed by atoms with Gasteiger partial charge < -0.3 is 0 Å². The summed E-state index contributed by atoms with van der Waals surface area (Å²) in [6.45, 7) is 14.9. The molecule has 10 nitrogen and oxygen atoms in total. The second-order valence-electron chi connectivity index (χ2n) is 8.98. The lowest BCUT2D eigenvalue weighted by atomic mass is 9.87. The molecule has 0 aliphatic heterocycles. The van der Waals surface area contributed by atoms with Gasteiger partial charge in [0.1, 0.15) is 30.9 Å². The van der Waals surface area contributed by atoms with Crippen molar-refractivity contribution in [3.8, 4) is 34.4 Å². The number of nitro benzene ring substituents is 2. The Balaban J connectivity index is 1.93. The molecule has 0 saturated carbocycles.